The highest BCUT2D eigenvalue weighted by atomic mass is 16.5. The highest BCUT2D eigenvalue weighted by molar-refractivity contribution is 5.85. The molecule has 6 heteroatoms. The number of carboxylic acid groups (broad SMARTS) is 1. The summed E-state index contributed by atoms with van der Waals surface area (Å²) in [5.41, 5.74) is 3.09. The van der Waals surface area contributed by atoms with Gasteiger partial charge in [0.15, 0.2) is 0 Å². The fraction of sp³-hybridized carbons (Fsp3) is 0.118. The van der Waals surface area contributed by atoms with E-state index in [4.69, 9.17) is 14.4 Å². The van der Waals surface area contributed by atoms with Crippen LogP contribution in [-0.2, 0) is 6.61 Å². The summed E-state index contributed by atoms with van der Waals surface area (Å²) in [5, 5.41) is 12.6. The fourth-order valence-corrected chi connectivity index (χ4v) is 2.07. The van der Waals surface area contributed by atoms with E-state index in [-0.39, 0.29) is 5.76 Å². The number of pyridine rings is 1. The summed E-state index contributed by atoms with van der Waals surface area (Å²) in [6, 6.07) is 12.6. The van der Waals surface area contributed by atoms with Crippen molar-refractivity contribution in [3.8, 4) is 17.0 Å². The van der Waals surface area contributed by atoms with Crippen molar-refractivity contribution in [3.63, 3.8) is 0 Å². The van der Waals surface area contributed by atoms with Gasteiger partial charge in [-0.2, -0.15) is 0 Å². The van der Waals surface area contributed by atoms with E-state index in [0.717, 1.165) is 22.6 Å². The molecule has 6 nitrogen and oxygen atoms in total. The van der Waals surface area contributed by atoms with Gasteiger partial charge in [0.25, 0.3) is 0 Å². The van der Waals surface area contributed by atoms with E-state index < -0.39 is 5.97 Å². The zero-order chi connectivity index (χ0) is 16.2. The Morgan fingerprint density at radius 1 is 1.26 bits per heavy atom. The van der Waals surface area contributed by atoms with Crippen LogP contribution < -0.4 is 4.74 Å². The Bertz CT molecular complexity index is 825. The van der Waals surface area contributed by atoms with Crippen LogP contribution in [0.25, 0.3) is 11.3 Å². The minimum atomic E-state index is -1.14. The fourth-order valence-electron chi connectivity index (χ4n) is 2.07. The molecule has 23 heavy (non-hydrogen) atoms. The Balaban J connectivity index is 1.69. The van der Waals surface area contributed by atoms with Gasteiger partial charge in [-0.25, -0.2) is 4.79 Å². The molecule has 1 aromatic carbocycles. The minimum absolute atomic E-state index is 0.181. The molecule has 0 aliphatic rings. The molecule has 0 unspecified atom stereocenters. The lowest BCUT2D eigenvalue weighted by molar-refractivity contribution is 0.0652. The van der Waals surface area contributed by atoms with E-state index in [0.29, 0.717) is 12.3 Å². The molecule has 3 aromatic rings. The normalized spacial score (nSPS) is 10.5. The monoisotopic (exact) mass is 310 g/mol. The molecule has 0 bridgehead atoms. The number of hydrogen-bond acceptors (Lipinski definition) is 5. The van der Waals surface area contributed by atoms with Gasteiger partial charge in [-0.15, -0.1) is 0 Å². The third-order valence-corrected chi connectivity index (χ3v) is 3.32. The molecule has 0 radical (unpaired) electrons. The first kappa shape index (κ1) is 14.8. The summed E-state index contributed by atoms with van der Waals surface area (Å²) in [6.45, 7) is 2.31. The standard InChI is InChI=1S/C17H14N2O4/c1-11-15(3-2-8-18-11)22-10-12-4-6-13(7-5-12)14-9-16(17(20)21)23-19-14/h2-9H,10H2,1H3,(H,20,21). The Kier molecular flexibility index (Phi) is 4.05. The molecular formula is C17H14N2O4. The van der Waals surface area contributed by atoms with E-state index in [1.807, 2.05) is 43.3 Å². The van der Waals surface area contributed by atoms with Gasteiger partial charge in [-0.1, -0.05) is 29.4 Å². The minimum Gasteiger partial charge on any atom is -0.487 e. The molecule has 0 aliphatic carbocycles. The largest absolute Gasteiger partial charge is 0.487 e. The SMILES string of the molecule is Cc1ncccc1OCc1ccc(-c2cc(C(=O)O)on2)cc1. The maximum Gasteiger partial charge on any atom is 0.374 e. The van der Waals surface area contributed by atoms with Crippen molar-refractivity contribution in [2.24, 2.45) is 0 Å². The van der Waals surface area contributed by atoms with Gasteiger partial charge in [0, 0.05) is 17.8 Å². The number of benzene rings is 1. The molecule has 3 rings (SSSR count). The van der Waals surface area contributed by atoms with Crippen LogP contribution in [0.3, 0.4) is 0 Å². The number of aryl methyl sites for hydroxylation is 1. The summed E-state index contributed by atoms with van der Waals surface area (Å²) in [6.07, 6.45) is 1.72. The Hall–Kier alpha value is -3.15. The number of aromatic carboxylic acids is 1. The van der Waals surface area contributed by atoms with Crippen LogP contribution >= 0.6 is 0 Å². The van der Waals surface area contributed by atoms with Gasteiger partial charge >= 0.3 is 5.97 Å². The van der Waals surface area contributed by atoms with Crippen molar-refractivity contribution in [1.82, 2.24) is 10.1 Å². The summed E-state index contributed by atoms with van der Waals surface area (Å²) in [4.78, 5) is 15.0. The molecule has 2 aromatic heterocycles. The number of rotatable bonds is 5. The smallest absolute Gasteiger partial charge is 0.374 e. The van der Waals surface area contributed by atoms with Crippen LogP contribution in [0, 0.1) is 6.92 Å². The van der Waals surface area contributed by atoms with Crippen molar-refractivity contribution in [2.75, 3.05) is 0 Å². The van der Waals surface area contributed by atoms with Gasteiger partial charge in [-0.3, -0.25) is 4.98 Å². The van der Waals surface area contributed by atoms with Crippen molar-refractivity contribution in [1.29, 1.82) is 0 Å². The van der Waals surface area contributed by atoms with Crippen LogP contribution in [0.1, 0.15) is 21.8 Å². The molecule has 0 aliphatic heterocycles. The molecule has 0 saturated heterocycles. The van der Waals surface area contributed by atoms with E-state index >= 15 is 0 Å². The first-order chi connectivity index (χ1) is 11.1. The first-order valence-electron chi connectivity index (χ1n) is 6.97. The van der Waals surface area contributed by atoms with Crippen molar-refractivity contribution >= 4 is 5.97 Å². The number of carbonyl (C=O) groups is 1. The average molecular weight is 310 g/mol. The molecule has 0 fully saturated rings. The lowest BCUT2D eigenvalue weighted by Crippen LogP contribution is -1.97. The highest BCUT2D eigenvalue weighted by Gasteiger charge is 2.12. The molecule has 0 atom stereocenters. The lowest BCUT2D eigenvalue weighted by atomic mass is 10.1. The third kappa shape index (κ3) is 3.37. The number of ether oxygens (including phenoxy) is 1. The van der Waals surface area contributed by atoms with Crippen molar-refractivity contribution < 1.29 is 19.2 Å². The molecule has 116 valence electrons. The second-order valence-electron chi connectivity index (χ2n) is 4.95. The average Bonchev–Trinajstić information content (AvgIpc) is 3.05. The predicted octanol–water partition coefficient (Wildman–Crippen LogP) is 3.32. The third-order valence-electron chi connectivity index (χ3n) is 3.32. The summed E-state index contributed by atoms with van der Waals surface area (Å²) >= 11 is 0. The Labute approximate surface area is 132 Å². The number of carboxylic acids is 1. The molecule has 0 amide bonds. The molecule has 0 saturated carbocycles. The van der Waals surface area contributed by atoms with Crippen LogP contribution in [0.5, 0.6) is 5.75 Å². The van der Waals surface area contributed by atoms with Gasteiger partial charge in [0.2, 0.25) is 5.76 Å². The van der Waals surface area contributed by atoms with E-state index in [2.05, 4.69) is 10.1 Å². The van der Waals surface area contributed by atoms with Crippen molar-refractivity contribution in [2.45, 2.75) is 13.5 Å². The van der Waals surface area contributed by atoms with E-state index in [9.17, 15) is 4.79 Å². The van der Waals surface area contributed by atoms with Gasteiger partial charge in [0.05, 0.1) is 5.69 Å². The predicted molar refractivity (Wildman–Crippen MR) is 82.2 cm³/mol. The number of nitrogens with zero attached hydrogens (tertiary/aromatic N) is 2. The second kappa shape index (κ2) is 6.31. The summed E-state index contributed by atoms with van der Waals surface area (Å²) < 4.78 is 10.5. The van der Waals surface area contributed by atoms with Crippen LogP contribution in [-0.4, -0.2) is 21.2 Å². The first-order valence-corrected chi connectivity index (χ1v) is 6.97. The number of aromatic nitrogens is 2. The van der Waals surface area contributed by atoms with Crippen LogP contribution in [0.2, 0.25) is 0 Å². The van der Waals surface area contributed by atoms with Crippen molar-refractivity contribution in [3.05, 3.63) is 65.7 Å². The van der Waals surface area contributed by atoms with Gasteiger partial charge in [0.1, 0.15) is 18.1 Å². The maximum absolute atomic E-state index is 10.8. The van der Waals surface area contributed by atoms with Gasteiger partial charge < -0.3 is 14.4 Å². The lowest BCUT2D eigenvalue weighted by Gasteiger charge is -2.08. The maximum atomic E-state index is 10.8. The van der Waals surface area contributed by atoms with Gasteiger partial charge in [-0.05, 0) is 24.6 Å². The van der Waals surface area contributed by atoms with Crippen LogP contribution in [0.4, 0.5) is 0 Å². The Morgan fingerprint density at radius 3 is 2.70 bits per heavy atom. The quantitative estimate of drug-likeness (QED) is 0.778. The topological polar surface area (TPSA) is 85.5 Å². The summed E-state index contributed by atoms with van der Waals surface area (Å²) in [7, 11) is 0. The second-order valence-corrected chi connectivity index (χ2v) is 4.95. The van der Waals surface area contributed by atoms with Crippen LogP contribution in [0.15, 0.2) is 53.2 Å². The molecule has 0 spiro atoms. The summed E-state index contributed by atoms with van der Waals surface area (Å²) in [5.74, 6) is -0.570. The molecule has 2 heterocycles. The van der Waals surface area contributed by atoms with E-state index in [1.54, 1.807) is 6.20 Å². The zero-order valence-corrected chi connectivity index (χ0v) is 12.4. The molecular weight excluding hydrogens is 296 g/mol. The highest BCUT2D eigenvalue weighted by Crippen LogP contribution is 2.21. The number of hydrogen-bond donors (Lipinski definition) is 1. The van der Waals surface area contributed by atoms with E-state index in [1.165, 1.54) is 6.07 Å². The molecule has 1 N–H and O–H groups in total. The Morgan fingerprint density at radius 2 is 2.04 bits per heavy atom. The zero-order valence-electron chi connectivity index (χ0n) is 12.4.